The van der Waals surface area contributed by atoms with E-state index in [0.717, 1.165) is 29.2 Å². The highest BCUT2D eigenvalue weighted by Gasteiger charge is 2.15. The molecule has 0 spiro atoms. The average Bonchev–Trinajstić information content (AvgIpc) is 2.89. The Labute approximate surface area is 136 Å². The van der Waals surface area contributed by atoms with Crippen molar-refractivity contribution in [2.75, 3.05) is 13.2 Å². The van der Waals surface area contributed by atoms with Gasteiger partial charge in [-0.25, -0.2) is 9.78 Å². The lowest BCUT2D eigenvalue weighted by atomic mass is 10.1. The maximum absolute atomic E-state index is 11.7. The minimum atomic E-state index is -0.327. The maximum Gasteiger partial charge on any atom is 0.357 e. The summed E-state index contributed by atoms with van der Waals surface area (Å²) in [6.07, 6.45) is 2.15. The molecule has 0 unspecified atom stereocenters. The average molecular weight is 316 g/mol. The Bertz CT molecular complexity index is 601. The highest BCUT2D eigenvalue weighted by molar-refractivity contribution is 7.20. The topological polar surface area (TPSA) is 51.2 Å². The molecule has 0 bridgehead atoms. The van der Waals surface area contributed by atoms with E-state index in [9.17, 15) is 4.79 Å². The van der Waals surface area contributed by atoms with Gasteiger partial charge in [0.25, 0.3) is 0 Å². The number of aromatic nitrogens is 1. The molecule has 22 heavy (non-hydrogen) atoms. The third kappa shape index (κ3) is 4.96. The van der Waals surface area contributed by atoms with E-state index in [1.807, 2.05) is 13.9 Å². The zero-order valence-electron chi connectivity index (χ0n) is 13.1. The molecule has 4 nitrogen and oxygen atoms in total. The number of nitrogens with one attached hydrogen (secondary N) is 1. The number of thiazole rings is 1. The minimum absolute atomic E-state index is 0.327. The smallest absolute Gasteiger partial charge is 0.357 e. The van der Waals surface area contributed by atoms with E-state index in [-0.39, 0.29) is 5.97 Å². The molecule has 0 aliphatic heterocycles. The fourth-order valence-electron chi connectivity index (χ4n) is 2.17. The van der Waals surface area contributed by atoms with Gasteiger partial charge in [-0.15, -0.1) is 11.3 Å². The molecule has 2 rings (SSSR count). The normalized spacial score (nSPS) is 10.6. The molecular formula is C16H21BN2O2S. The summed E-state index contributed by atoms with van der Waals surface area (Å²) in [5.74, 6) is -0.327. The first kappa shape index (κ1) is 16.7. The highest BCUT2D eigenvalue weighted by Crippen LogP contribution is 2.07. The van der Waals surface area contributed by atoms with E-state index in [0.29, 0.717) is 18.8 Å². The molecule has 0 saturated carbocycles. The van der Waals surface area contributed by atoms with E-state index in [2.05, 4.69) is 34.6 Å². The van der Waals surface area contributed by atoms with Gasteiger partial charge in [0.05, 0.1) is 6.61 Å². The van der Waals surface area contributed by atoms with Gasteiger partial charge in [0, 0.05) is 6.54 Å². The number of aryl methyl sites for hydroxylation is 1. The molecule has 6 heteroatoms. The van der Waals surface area contributed by atoms with E-state index in [4.69, 9.17) is 4.74 Å². The van der Waals surface area contributed by atoms with Crippen LogP contribution in [-0.2, 0) is 17.7 Å². The lowest BCUT2D eigenvalue weighted by Gasteiger charge is -2.03. The monoisotopic (exact) mass is 316 g/mol. The molecule has 1 aromatic heterocycles. The summed E-state index contributed by atoms with van der Waals surface area (Å²) in [5, 5.41) is 4.31. The van der Waals surface area contributed by atoms with Crippen LogP contribution in [0.25, 0.3) is 0 Å². The number of esters is 1. The third-order valence-corrected chi connectivity index (χ3v) is 4.22. The molecule has 0 atom stereocenters. The van der Waals surface area contributed by atoms with Crippen LogP contribution in [-0.4, -0.2) is 32.0 Å². The second-order valence-corrected chi connectivity index (χ2v) is 6.29. The van der Waals surface area contributed by atoms with Gasteiger partial charge in [-0.05, 0) is 36.7 Å². The quantitative estimate of drug-likeness (QED) is 0.453. The van der Waals surface area contributed by atoms with Crippen LogP contribution in [0.4, 0.5) is 0 Å². The fraction of sp³-hybridized carbons (Fsp3) is 0.375. The van der Waals surface area contributed by atoms with Gasteiger partial charge in [0.2, 0.25) is 0 Å². The van der Waals surface area contributed by atoms with Crippen molar-refractivity contribution in [2.45, 2.75) is 26.3 Å². The van der Waals surface area contributed by atoms with E-state index < -0.39 is 0 Å². The lowest BCUT2D eigenvalue weighted by Crippen LogP contribution is -2.16. The molecule has 1 aromatic carbocycles. The van der Waals surface area contributed by atoms with Gasteiger partial charge in [0.15, 0.2) is 13.5 Å². The van der Waals surface area contributed by atoms with Crippen LogP contribution in [0, 0.1) is 0 Å². The van der Waals surface area contributed by atoms with Crippen LogP contribution < -0.4 is 10.1 Å². The first-order chi connectivity index (χ1) is 10.7. The van der Waals surface area contributed by atoms with Crippen molar-refractivity contribution < 1.29 is 9.53 Å². The van der Waals surface area contributed by atoms with Gasteiger partial charge < -0.3 is 10.1 Å². The van der Waals surface area contributed by atoms with Crippen LogP contribution in [0.1, 0.15) is 34.4 Å². The zero-order valence-corrected chi connectivity index (χ0v) is 13.9. The molecule has 0 aliphatic carbocycles. The first-order valence-electron chi connectivity index (χ1n) is 7.58. The van der Waals surface area contributed by atoms with Gasteiger partial charge in [-0.1, -0.05) is 30.3 Å². The van der Waals surface area contributed by atoms with Gasteiger partial charge in [0.1, 0.15) is 5.01 Å². The van der Waals surface area contributed by atoms with Crippen molar-refractivity contribution in [3.8, 4) is 0 Å². The number of carbonyl (C=O) groups is 1. The number of nitrogens with zero attached hydrogens (tertiary/aromatic N) is 1. The number of hydrogen-bond donors (Lipinski definition) is 1. The molecule has 0 amide bonds. The summed E-state index contributed by atoms with van der Waals surface area (Å²) in [7, 11) is 1.91. The molecule has 0 aliphatic rings. The number of hydrogen-bond acceptors (Lipinski definition) is 5. The predicted molar refractivity (Wildman–Crippen MR) is 92.7 cm³/mol. The van der Waals surface area contributed by atoms with Crippen LogP contribution in [0.5, 0.6) is 0 Å². The van der Waals surface area contributed by atoms with Gasteiger partial charge >= 0.3 is 5.97 Å². The Hall–Kier alpha value is -1.66. The number of ether oxygens (including phenoxy) is 1. The van der Waals surface area contributed by atoms with Crippen molar-refractivity contribution in [3.63, 3.8) is 0 Å². The van der Waals surface area contributed by atoms with Gasteiger partial charge in [-0.2, -0.15) is 0 Å². The van der Waals surface area contributed by atoms with Crippen LogP contribution in [0.2, 0.25) is 0 Å². The summed E-state index contributed by atoms with van der Waals surface area (Å²) in [6.45, 7) is 3.81. The Kier molecular flexibility index (Phi) is 6.61. The van der Waals surface area contributed by atoms with Gasteiger partial charge in [-0.3, -0.25) is 0 Å². The number of carbonyl (C=O) groups excluding carboxylic acids is 1. The Balaban J connectivity index is 1.73. The molecule has 0 radical (unpaired) electrons. The third-order valence-electron chi connectivity index (χ3n) is 3.25. The lowest BCUT2D eigenvalue weighted by molar-refractivity contribution is 0.0522. The second kappa shape index (κ2) is 8.71. The molecule has 1 N–H and O–H groups in total. The van der Waals surface area contributed by atoms with Crippen LogP contribution in [0.15, 0.2) is 30.3 Å². The predicted octanol–water partition coefficient (Wildman–Crippen LogP) is 1.30. The Morgan fingerprint density at radius 1 is 1.36 bits per heavy atom. The summed E-state index contributed by atoms with van der Waals surface area (Å²) in [6, 6.07) is 10.5. The summed E-state index contributed by atoms with van der Waals surface area (Å²) >= 11 is 1.55. The van der Waals surface area contributed by atoms with E-state index >= 15 is 0 Å². The number of benzene rings is 1. The minimum Gasteiger partial charge on any atom is -0.461 e. The molecule has 116 valence electrons. The fourth-order valence-corrected chi connectivity index (χ4v) is 3.06. The maximum atomic E-state index is 11.7. The largest absolute Gasteiger partial charge is 0.461 e. The Morgan fingerprint density at radius 2 is 2.14 bits per heavy atom. The zero-order chi connectivity index (χ0) is 15.8. The molecule has 0 saturated heterocycles. The summed E-state index contributed by atoms with van der Waals surface area (Å²) in [4.78, 5) is 16.1. The SMILES string of the molecule is Bc1sc(CNCCCc2ccccc2)nc1C(=O)OCC. The molecule has 0 fully saturated rings. The molecule has 1 heterocycles. The van der Waals surface area contributed by atoms with Crippen LogP contribution in [0.3, 0.4) is 0 Å². The standard InChI is InChI=1S/C16H21BN2O2S/c1-2-21-16(20)14-15(17)22-13(19-14)11-18-10-6-9-12-7-4-3-5-8-12/h3-5,7-8,18H,2,6,9-11,17H2,1H3. The Morgan fingerprint density at radius 3 is 2.86 bits per heavy atom. The van der Waals surface area contributed by atoms with Crippen molar-refractivity contribution in [1.82, 2.24) is 10.3 Å². The van der Waals surface area contributed by atoms with Crippen molar-refractivity contribution in [2.24, 2.45) is 0 Å². The summed E-state index contributed by atoms with van der Waals surface area (Å²) < 4.78 is 5.92. The summed E-state index contributed by atoms with van der Waals surface area (Å²) in [5.41, 5.74) is 1.81. The van der Waals surface area contributed by atoms with Crippen molar-refractivity contribution in [3.05, 3.63) is 46.6 Å². The molecular weight excluding hydrogens is 295 g/mol. The second-order valence-electron chi connectivity index (χ2n) is 5.00. The molecule has 2 aromatic rings. The van der Waals surface area contributed by atoms with Crippen molar-refractivity contribution >= 4 is 29.9 Å². The van der Waals surface area contributed by atoms with Crippen molar-refractivity contribution in [1.29, 1.82) is 0 Å². The van der Waals surface area contributed by atoms with E-state index in [1.165, 1.54) is 5.56 Å². The highest BCUT2D eigenvalue weighted by atomic mass is 32.1. The van der Waals surface area contributed by atoms with Crippen LogP contribution >= 0.6 is 11.3 Å². The first-order valence-corrected chi connectivity index (χ1v) is 8.40. The number of rotatable bonds is 8. The van der Waals surface area contributed by atoms with E-state index in [1.54, 1.807) is 18.3 Å².